The maximum atomic E-state index is 11.6. The van der Waals surface area contributed by atoms with Crippen molar-refractivity contribution < 1.29 is 19.4 Å². The highest BCUT2D eigenvalue weighted by Crippen LogP contribution is 2.11. The number of carbonyl (C=O) groups excluding carboxylic acids is 1. The molecule has 0 bridgehead atoms. The molecule has 0 radical (unpaired) electrons. The van der Waals surface area contributed by atoms with Gasteiger partial charge in [0.2, 0.25) is 0 Å². The van der Waals surface area contributed by atoms with Crippen molar-refractivity contribution in [2.45, 2.75) is 6.61 Å². The third kappa shape index (κ3) is 3.84. The van der Waals surface area contributed by atoms with Crippen LogP contribution in [0.5, 0.6) is 5.75 Å². The lowest BCUT2D eigenvalue weighted by Gasteiger charge is -2.02. The summed E-state index contributed by atoms with van der Waals surface area (Å²) in [6.07, 6.45) is 0. The normalized spacial score (nSPS) is 9.59. The van der Waals surface area contributed by atoms with Crippen LogP contribution in [0.15, 0.2) is 36.4 Å². The fraction of sp³-hybridized carbons (Fsp3) is 0.176. The molecule has 0 amide bonds. The first-order valence-electron chi connectivity index (χ1n) is 6.52. The summed E-state index contributed by atoms with van der Waals surface area (Å²) in [6.45, 7) is -0.276. The molecule has 0 aliphatic rings. The monoisotopic (exact) mass is 297 g/mol. The van der Waals surface area contributed by atoms with Crippen LogP contribution in [0.2, 0.25) is 0 Å². The van der Waals surface area contributed by atoms with E-state index < -0.39 is 5.97 Å². The van der Waals surface area contributed by atoms with E-state index in [0.29, 0.717) is 11.3 Å². The number of pyridine rings is 1. The molecule has 0 spiro atoms. The summed E-state index contributed by atoms with van der Waals surface area (Å²) < 4.78 is 9.71. The molecule has 0 aliphatic carbocycles. The highest BCUT2D eigenvalue weighted by molar-refractivity contribution is 5.87. The van der Waals surface area contributed by atoms with Crippen molar-refractivity contribution in [2.75, 3.05) is 14.2 Å². The van der Waals surface area contributed by atoms with Crippen LogP contribution in [-0.4, -0.2) is 30.3 Å². The molecule has 1 aromatic carbocycles. The van der Waals surface area contributed by atoms with Gasteiger partial charge in [-0.3, -0.25) is 0 Å². The topological polar surface area (TPSA) is 68.7 Å². The number of hydrogen-bond acceptors (Lipinski definition) is 5. The number of nitrogens with zero attached hydrogens (tertiary/aromatic N) is 1. The van der Waals surface area contributed by atoms with Crippen LogP contribution < -0.4 is 4.74 Å². The third-order valence-electron chi connectivity index (χ3n) is 2.88. The maximum absolute atomic E-state index is 11.6. The van der Waals surface area contributed by atoms with Gasteiger partial charge in [-0.1, -0.05) is 11.8 Å². The van der Waals surface area contributed by atoms with Crippen LogP contribution in [-0.2, 0) is 11.3 Å². The van der Waals surface area contributed by atoms with Crippen LogP contribution >= 0.6 is 0 Å². The molecule has 1 aromatic heterocycles. The standard InChI is InChI=1S/C17H15NO4/c1-21-15-7-5-12(6-8-15)3-4-13-9-14(11-19)18-16(10-13)17(20)22-2/h5-10,19H,11H2,1-2H3. The second kappa shape index (κ2) is 7.25. The fourth-order valence-corrected chi connectivity index (χ4v) is 1.77. The molecule has 0 atom stereocenters. The quantitative estimate of drug-likeness (QED) is 0.690. The van der Waals surface area contributed by atoms with E-state index in [4.69, 9.17) is 4.74 Å². The van der Waals surface area contributed by atoms with Crippen molar-refractivity contribution >= 4 is 5.97 Å². The molecule has 0 fully saturated rings. The largest absolute Gasteiger partial charge is 0.497 e. The number of aliphatic hydroxyl groups excluding tert-OH is 1. The maximum Gasteiger partial charge on any atom is 0.356 e. The van der Waals surface area contributed by atoms with Gasteiger partial charge in [0.1, 0.15) is 11.4 Å². The van der Waals surface area contributed by atoms with E-state index in [0.717, 1.165) is 11.3 Å². The second-order valence-corrected chi connectivity index (χ2v) is 4.36. The summed E-state index contributed by atoms with van der Waals surface area (Å²) in [6, 6.07) is 10.5. The molecule has 0 saturated heterocycles. The Morgan fingerprint density at radius 3 is 2.41 bits per heavy atom. The van der Waals surface area contributed by atoms with Gasteiger partial charge >= 0.3 is 5.97 Å². The van der Waals surface area contributed by atoms with Gasteiger partial charge < -0.3 is 14.6 Å². The van der Waals surface area contributed by atoms with Gasteiger partial charge in [0.15, 0.2) is 0 Å². The van der Waals surface area contributed by atoms with E-state index >= 15 is 0 Å². The van der Waals surface area contributed by atoms with Crippen molar-refractivity contribution in [3.63, 3.8) is 0 Å². The Hall–Kier alpha value is -2.84. The molecule has 2 aromatic rings. The average Bonchev–Trinajstić information content (AvgIpc) is 2.59. The SMILES string of the molecule is COC(=O)c1cc(C#Cc2ccc(OC)cc2)cc(CO)n1. The Kier molecular flexibility index (Phi) is 5.12. The van der Waals surface area contributed by atoms with Crippen molar-refractivity contribution in [1.82, 2.24) is 4.98 Å². The molecule has 112 valence electrons. The van der Waals surface area contributed by atoms with Crippen LogP contribution in [0.25, 0.3) is 0 Å². The number of aromatic nitrogens is 1. The van der Waals surface area contributed by atoms with Crippen molar-refractivity contribution in [3.05, 3.63) is 58.9 Å². The predicted molar refractivity (Wildman–Crippen MR) is 80.5 cm³/mol. The Labute approximate surface area is 128 Å². The zero-order valence-corrected chi connectivity index (χ0v) is 12.3. The predicted octanol–water partition coefficient (Wildman–Crippen LogP) is 1.77. The summed E-state index contributed by atoms with van der Waals surface area (Å²) in [7, 11) is 2.88. The van der Waals surface area contributed by atoms with E-state index in [1.165, 1.54) is 13.2 Å². The molecule has 0 unspecified atom stereocenters. The average molecular weight is 297 g/mol. The first-order chi connectivity index (χ1) is 10.7. The second-order valence-electron chi connectivity index (χ2n) is 4.36. The van der Waals surface area contributed by atoms with Gasteiger partial charge in [-0.25, -0.2) is 9.78 Å². The van der Waals surface area contributed by atoms with Crippen LogP contribution in [0, 0.1) is 11.8 Å². The highest BCUT2D eigenvalue weighted by Gasteiger charge is 2.09. The number of aliphatic hydroxyl groups is 1. The van der Waals surface area contributed by atoms with Crippen molar-refractivity contribution in [2.24, 2.45) is 0 Å². The van der Waals surface area contributed by atoms with Gasteiger partial charge in [-0.15, -0.1) is 0 Å². The van der Waals surface area contributed by atoms with Gasteiger partial charge in [0.05, 0.1) is 26.5 Å². The first-order valence-corrected chi connectivity index (χ1v) is 6.52. The lowest BCUT2D eigenvalue weighted by Crippen LogP contribution is -2.07. The van der Waals surface area contributed by atoms with Crippen LogP contribution in [0.1, 0.15) is 27.3 Å². The molecule has 5 nitrogen and oxygen atoms in total. The van der Waals surface area contributed by atoms with Gasteiger partial charge in [-0.2, -0.15) is 0 Å². The van der Waals surface area contributed by atoms with Gasteiger partial charge in [0.25, 0.3) is 0 Å². The summed E-state index contributed by atoms with van der Waals surface area (Å²) in [4.78, 5) is 15.5. The number of methoxy groups -OCH3 is 2. The summed E-state index contributed by atoms with van der Waals surface area (Å²) >= 11 is 0. The lowest BCUT2D eigenvalue weighted by atomic mass is 10.1. The molecule has 5 heteroatoms. The van der Waals surface area contributed by atoms with E-state index in [1.807, 2.05) is 24.3 Å². The fourth-order valence-electron chi connectivity index (χ4n) is 1.77. The number of carbonyl (C=O) groups is 1. The lowest BCUT2D eigenvalue weighted by molar-refractivity contribution is 0.0593. The van der Waals surface area contributed by atoms with Crippen molar-refractivity contribution in [1.29, 1.82) is 0 Å². The number of benzene rings is 1. The number of esters is 1. The zero-order chi connectivity index (χ0) is 15.9. The van der Waals surface area contributed by atoms with Crippen molar-refractivity contribution in [3.8, 4) is 17.6 Å². The Bertz CT molecular complexity index is 727. The van der Waals surface area contributed by atoms with Crippen LogP contribution in [0.4, 0.5) is 0 Å². The molecule has 22 heavy (non-hydrogen) atoms. The highest BCUT2D eigenvalue weighted by atomic mass is 16.5. The summed E-state index contributed by atoms with van der Waals surface area (Å²) in [5.41, 5.74) is 1.87. The summed E-state index contributed by atoms with van der Waals surface area (Å²) in [5.74, 6) is 6.11. The summed E-state index contributed by atoms with van der Waals surface area (Å²) in [5, 5.41) is 9.21. The Balaban J connectivity index is 2.32. The number of rotatable bonds is 3. The minimum Gasteiger partial charge on any atom is -0.497 e. The molecule has 1 heterocycles. The Morgan fingerprint density at radius 2 is 1.82 bits per heavy atom. The molecular formula is C17H15NO4. The van der Waals surface area contributed by atoms with Gasteiger partial charge in [0, 0.05) is 11.1 Å². The van der Waals surface area contributed by atoms with Crippen LogP contribution in [0.3, 0.4) is 0 Å². The van der Waals surface area contributed by atoms with Gasteiger partial charge in [-0.05, 0) is 36.4 Å². The zero-order valence-electron chi connectivity index (χ0n) is 12.3. The minimum absolute atomic E-state index is 0.119. The molecule has 0 aliphatic heterocycles. The minimum atomic E-state index is -0.567. The van der Waals surface area contributed by atoms with E-state index in [9.17, 15) is 9.90 Å². The first kappa shape index (κ1) is 15.5. The molecule has 2 rings (SSSR count). The smallest absolute Gasteiger partial charge is 0.356 e. The molecule has 1 N–H and O–H groups in total. The number of hydrogen-bond donors (Lipinski definition) is 1. The molecular weight excluding hydrogens is 282 g/mol. The van der Waals surface area contributed by atoms with E-state index in [-0.39, 0.29) is 12.3 Å². The Morgan fingerprint density at radius 1 is 1.14 bits per heavy atom. The molecule has 0 saturated carbocycles. The third-order valence-corrected chi connectivity index (χ3v) is 2.88. The van der Waals surface area contributed by atoms with E-state index in [1.54, 1.807) is 13.2 Å². The number of ether oxygens (including phenoxy) is 2. The van der Waals surface area contributed by atoms with E-state index in [2.05, 4.69) is 21.6 Å².